The lowest BCUT2D eigenvalue weighted by molar-refractivity contribution is -0.384. The number of imidazole rings is 1. The maximum atomic E-state index is 12.7. The van der Waals surface area contributed by atoms with Crippen molar-refractivity contribution in [1.29, 1.82) is 0 Å². The molecule has 2 N–H and O–H groups in total. The molecule has 31 heavy (non-hydrogen) atoms. The first-order chi connectivity index (χ1) is 15.0. The number of thiazole rings is 1. The van der Waals surface area contributed by atoms with Crippen molar-refractivity contribution >= 4 is 49.3 Å². The van der Waals surface area contributed by atoms with E-state index in [-0.39, 0.29) is 17.5 Å². The fourth-order valence-electron chi connectivity index (χ4n) is 3.93. The van der Waals surface area contributed by atoms with Crippen molar-refractivity contribution in [3.8, 4) is 0 Å². The number of likely N-dealkylation sites (tertiary alicyclic amines) is 1. The number of nitrogens with zero attached hydrogens (tertiary/aromatic N) is 4. The lowest BCUT2D eigenvalue weighted by Gasteiger charge is -2.30. The van der Waals surface area contributed by atoms with Gasteiger partial charge in [0.2, 0.25) is 5.91 Å². The average Bonchev–Trinajstić information content (AvgIpc) is 3.36. The van der Waals surface area contributed by atoms with Crippen molar-refractivity contribution in [1.82, 2.24) is 19.9 Å². The molecule has 0 unspecified atom stereocenters. The van der Waals surface area contributed by atoms with Gasteiger partial charge >= 0.3 is 0 Å². The number of nitro groups is 1. The largest absolute Gasteiger partial charge is 0.341 e. The topological polar surface area (TPSA) is 117 Å². The second kappa shape index (κ2) is 8.05. The second-order valence-electron chi connectivity index (χ2n) is 7.67. The van der Waals surface area contributed by atoms with E-state index in [9.17, 15) is 14.9 Å². The van der Waals surface area contributed by atoms with Gasteiger partial charge in [0.15, 0.2) is 5.13 Å². The van der Waals surface area contributed by atoms with E-state index in [1.54, 1.807) is 6.07 Å². The molecule has 0 atom stereocenters. The minimum absolute atomic E-state index is 0.0193. The van der Waals surface area contributed by atoms with Gasteiger partial charge in [-0.15, -0.1) is 0 Å². The predicted molar refractivity (Wildman–Crippen MR) is 119 cm³/mol. The lowest BCUT2D eigenvalue weighted by Crippen LogP contribution is -2.38. The number of anilines is 1. The summed E-state index contributed by atoms with van der Waals surface area (Å²) in [6, 6.07) is 12.5. The molecule has 1 saturated heterocycles. The van der Waals surface area contributed by atoms with Crippen LogP contribution >= 0.6 is 11.3 Å². The van der Waals surface area contributed by atoms with Crippen LogP contribution in [0.1, 0.15) is 18.7 Å². The molecule has 0 spiro atoms. The van der Waals surface area contributed by atoms with E-state index in [0.717, 1.165) is 49.3 Å². The first-order valence-electron chi connectivity index (χ1n) is 10.1. The van der Waals surface area contributed by atoms with Gasteiger partial charge in [0.1, 0.15) is 5.82 Å². The maximum absolute atomic E-state index is 12.7. The Balaban J connectivity index is 1.18. The number of H-pyrrole nitrogens is 1. The quantitative estimate of drug-likeness (QED) is 0.362. The van der Waals surface area contributed by atoms with Crippen molar-refractivity contribution in [2.24, 2.45) is 5.92 Å². The summed E-state index contributed by atoms with van der Waals surface area (Å²) in [5.74, 6) is 0.817. The molecule has 2 aromatic heterocycles. The standard InChI is InChI=1S/C21H20N6O3S/c28-20(25-21-24-17-6-5-14(27(29)30)11-18(17)31-21)13-7-9-26(10-8-13)12-19-22-15-3-1-2-4-16(15)23-19/h1-6,11,13H,7-10,12H2,(H,22,23)(H,24,25,28). The van der Waals surface area contributed by atoms with Crippen LogP contribution in [0, 0.1) is 16.0 Å². The molecule has 10 heteroatoms. The number of benzene rings is 2. The van der Waals surface area contributed by atoms with Crippen LogP contribution in [0.4, 0.5) is 10.8 Å². The number of hydrogen-bond donors (Lipinski definition) is 2. The number of carbonyl (C=O) groups excluding carboxylic acids is 1. The zero-order valence-electron chi connectivity index (χ0n) is 16.6. The van der Waals surface area contributed by atoms with Crippen molar-refractivity contribution in [3.63, 3.8) is 0 Å². The number of aromatic nitrogens is 3. The summed E-state index contributed by atoms with van der Waals surface area (Å²) >= 11 is 1.26. The van der Waals surface area contributed by atoms with Crippen molar-refractivity contribution in [2.45, 2.75) is 19.4 Å². The Kier molecular flexibility index (Phi) is 5.08. The van der Waals surface area contributed by atoms with Crippen molar-refractivity contribution in [3.05, 3.63) is 58.4 Å². The van der Waals surface area contributed by atoms with Crippen LogP contribution in [-0.2, 0) is 11.3 Å². The number of nitrogens with one attached hydrogen (secondary N) is 2. The molecule has 3 heterocycles. The molecule has 4 aromatic rings. The van der Waals surface area contributed by atoms with Crippen LogP contribution < -0.4 is 5.32 Å². The van der Waals surface area contributed by atoms with Crippen LogP contribution in [0.15, 0.2) is 42.5 Å². The summed E-state index contributed by atoms with van der Waals surface area (Å²) in [5.41, 5.74) is 2.67. The molecule has 1 aliphatic heterocycles. The van der Waals surface area contributed by atoms with Crippen LogP contribution in [0.25, 0.3) is 21.3 Å². The van der Waals surface area contributed by atoms with E-state index in [4.69, 9.17) is 0 Å². The van der Waals surface area contributed by atoms with Crippen molar-refractivity contribution in [2.75, 3.05) is 18.4 Å². The number of aromatic amines is 1. The lowest BCUT2D eigenvalue weighted by atomic mass is 9.96. The number of fused-ring (bicyclic) bond motifs is 2. The Hall–Kier alpha value is -3.37. The number of nitro benzene ring substituents is 1. The second-order valence-corrected chi connectivity index (χ2v) is 8.70. The molecule has 0 radical (unpaired) electrons. The highest BCUT2D eigenvalue weighted by molar-refractivity contribution is 7.22. The van der Waals surface area contributed by atoms with Gasteiger partial charge in [0.05, 0.1) is 32.7 Å². The summed E-state index contributed by atoms with van der Waals surface area (Å²) in [6.45, 7) is 2.38. The van der Waals surface area contributed by atoms with Crippen molar-refractivity contribution < 1.29 is 9.72 Å². The summed E-state index contributed by atoms with van der Waals surface area (Å²) < 4.78 is 0.685. The molecule has 0 bridgehead atoms. The number of amides is 1. The van der Waals surface area contributed by atoms with Gasteiger partial charge in [0.25, 0.3) is 5.69 Å². The van der Waals surface area contributed by atoms with Gasteiger partial charge in [-0.1, -0.05) is 23.5 Å². The summed E-state index contributed by atoms with van der Waals surface area (Å²) in [4.78, 5) is 37.9. The fraction of sp³-hybridized carbons (Fsp3) is 0.286. The molecule has 2 aromatic carbocycles. The van der Waals surface area contributed by atoms with E-state index in [1.165, 1.54) is 23.5 Å². The SMILES string of the molecule is O=C(Nc1nc2ccc([N+](=O)[O-])cc2s1)C1CCN(Cc2nc3ccccc3[nH]2)CC1. The van der Waals surface area contributed by atoms with Gasteiger partial charge in [-0.05, 0) is 44.1 Å². The first-order valence-corrected chi connectivity index (χ1v) is 10.9. The summed E-state index contributed by atoms with van der Waals surface area (Å²) in [6.07, 6.45) is 1.53. The molecule has 9 nitrogen and oxygen atoms in total. The maximum Gasteiger partial charge on any atom is 0.270 e. The van der Waals surface area contributed by atoms with Gasteiger partial charge in [0, 0.05) is 18.1 Å². The third kappa shape index (κ3) is 4.12. The Labute approximate surface area is 181 Å². The van der Waals surface area contributed by atoms with Gasteiger partial charge < -0.3 is 10.3 Å². The van der Waals surface area contributed by atoms with E-state index in [1.807, 2.05) is 24.3 Å². The molecule has 0 saturated carbocycles. The van der Waals surface area contributed by atoms with E-state index in [2.05, 4.69) is 25.2 Å². The molecular formula is C21H20N6O3S. The van der Waals surface area contributed by atoms with E-state index < -0.39 is 4.92 Å². The highest BCUT2D eigenvalue weighted by Gasteiger charge is 2.26. The highest BCUT2D eigenvalue weighted by Crippen LogP contribution is 2.30. The molecular weight excluding hydrogens is 416 g/mol. The number of rotatable bonds is 5. The smallest absolute Gasteiger partial charge is 0.270 e. The Morgan fingerprint density at radius 1 is 1.19 bits per heavy atom. The molecule has 1 amide bonds. The number of carbonyl (C=O) groups is 1. The number of piperidine rings is 1. The molecule has 1 aliphatic rings. The minimum Gasteiger partial charge on any atom is -0.341 e. The zero-order valence-corrected chi connectivity index (χ0v) is 17.4. The fourth-order valence-corrected chi connectivity index (χ4v) is 4.84. The van der Waals surface area contributed by atoms with Gasteiger partial charge in [-0.3, -0.25) is 19.8 Å². The van der Waals surface area contributed by atoms with E-state index >= 15 is 0 Å². The average molecular weight is 436 g/mol. The zero-order chi connectivity index (χ0) is 21.4. The molecule has 1 fully saturated rings. The Morgan fingerprint density at radius 3 is 2.77 bits per heavy atom. The summed E-state index contributed by atoms with van der Waals surface area (Å²) in [5, 5.41) is 14.3. The Bertz CT molecular complexity index is 1240. The highest BCUT2D eigenvalue weighted by atomic mass is 32.1. The summed E-state index contributed by atoms with van der Waals surface area (Å²) in [7, 11) is 0. The molecule has 0 aliphatic carbocycles. The predicted octanol–water partition coefficient (Wildman–Crippen LogP) is 3.93. The number of hydrogen-bond acceptors (Lipinski definition) is 7. The minimum atomic E-state index is -0.434. The van der Waals surface area contributed by atoms with Crippen LogP contribution in [-0.4, -0.2) is 43.8 Å². The van der Waals surface area contributed by atoms with E-state index in [0.29, 0.717) is 15.3 Å². The third-order valence-corrected chi connectivity index (χ3v) is 6.52. The Morgan fingerprint density at radius 2 is 2.00 bits per heavy atom. The molecule has 158 valence electrons. The van der Waals surface area contributed by atoms with Crippen LogP contribution in [0.5, 0.6) is 0 Å². The number of para-hydroxylation sites is 2. The van der Waals surface area contributed by atoms with Crippen LogP contribution in [0.2, 0.25) is 0 Å². The van der Waals surface area contributed by atoms with Gasteiger partial charge in [-0.25, -0.2) is 9.97 Å². The third-order valence-electron chi connectivity index (χ3n) is 5.58. The normalized spacial score (nSPS) is 15.5. The number of non-ortho nitro benzene ring substituents is 1. The van der Waals surface area contributed by atoms with Gasteiger partial charge in [-0.2, -0.15) is 0 Å². The first kappa shape index (κ1) is 19.6. The van der Waals surface area contributed by atoms with Crippen LogP contribution in [0.3, 0.4) is 0 Å². The monoisotopic (exact) mass is 436 g/mol. The molecule has 5 rings (SSSR count).